The number of benzene rings is 1. The van der Waals surface area contributed by atoms with Crippen molar-refractivity contribution in [3.63, 3.8) is 0 Å². The molecule has 4 heteroatoms. The molecule has 1 atom stereocenters. The summed E-state index contributed by atoms with van der Waals surface area (Å²) in [6, 6.07) is 8.69. The number of nitrogens with zero attached hydrogens (tertiary/aromatic N) is 1. The molecule has 1 amide bonds. The van der Waals surface area contributed by atoms with E-state index in [2.05, 4.69) is 41.4 Å². The van der Waals surface area contributed by atoms with E-state index in [0.717, 1.165) is 51.9 Å². The Labute approximate surface area is 146 Å². The summed E-state index contributed by atoms with van der Waals surface area (Å²) in [5.41, 5.74) is 2.87. The fourth-order valence-electron chi connectivity index (χ4n) is 3.93. The number of hydrogen-bond acceptors (Lipinski definition) is 2. The lowest BCUT2D eigenvalue weighted by atomic mass is 9.87. The molecule has 0 aliphatic carbocycles. The Hall–Kier alpha value is -1.06. The maximum atomic E-state index is 12.4. The Morgan fingerprint density at radius 2 is 1.96 bits per heavy atom. The number of likely N-dealkylation sites (tertiary alicyclic amines) is 1. The van der Waals surface area contributed by atoms with E-state index in [1.807, 2.05) is 0 Å². The normalized spacial score (nSPS) is 22.0. The van der Waals surface area contributed by atoms with Gasteiger partial charge in [-0.2, -0.15) is 0 Å². The summed E-state index contributed by atoms with van der Waals surface area (Å²) < 4.78 is 0. The number of carbonyl (C=O) groups is 1. The Balaban J connectivity index is 0.00000192. The summed E-state index contributed by atoms with van der Waals surface area (Å²) in [5, 5.41) is 3.38. The molecular formula is C19H29ClN2O. The molecule has 3 rings (SSSR count). The number of nitrogens with one attached hydrogen (secondary N) is 1. The van der Waals surface area contributed by atoms with Crippen molar-refractivity contribution in [2.45, 2.75) is 44.9 Å². The van der Waals surface area contributed by atoms with Crippen LogP contribution < -0.4 is 5.32 Å². The van der Waals surface area contributed by atoms with E-state index >= 15 is 0 Å². The summed E-state index contributed by atoms with van der Waals surface area (Å²) in [6.45, 7) is 6.29. The van der Waals surface area contributed by atoms with Gasteiger partial charge in [-0.3, -0.25) is 4.79 Å². The number of amides is 1. The van der Waals surface area contributed by atoms with Crippen molar-refractivity contribution in [2.24, 2.45) is 5.92 Å². The Morgan fingerprint density at radius 1 is 1.22 bits per heavy atom. The van der Waals surface area contributed by atoms with Crippen molar-refractivity contribution in [1.29, 1.82) is 0 Å². The summed E-state index contributed by atoms with van der Waals surface area (Å²) in [5.74, 6) is 1.72. The minimum Gasteiger partial charge on any atom is -0.343 e. The fraction of sp³-hybridized carbons (Fsp3) is 0.632. The van der Waals surface area contributed by atoms with Crippen LogP contribution in [0.3, 0.4) is 0 Å². The first kappa shape index (κ1) is 18.3. The van der Waals surface area contributed by atoms with Crippen molar-refractivity contribution in [1.82, 2.24) is 10.2 Å². The number of carbonyl (C=O) groups excluding carboxylic acids is 1. The lowest BCUT2D eigenvalue weighted by Gasteiger charge is -2.33. The number of piperidine rings is 1. The largest absolute Gasteiger partial charge is 0.343 e. The molecule has 1 N–H and O–H groups in total. The predicted molar refractivity (Wildman–Crippen MR) is 97.2 cm³/mol. The van der Waals surface area contributed by atoms with Crippen LogP contribution in [-0.4, -0.2) is 37.0 Å². The minimum atomic E-state index is 0. The maximum Gasteiger partial charge on any atom is 0.222 e. The van der Waals surface area contributed by atoms with E-state index < -0.39 is 0 Å². The van der Waals surface area contributed by atoms with Gasteiger partial charge in [0, 0.05) is 19.5 Å². The number of aryl methyl sites for hydroxylation is 1. The van der Waals surface area contributed by atoms with Crippen LogP contribution in [0.1, 0.15) is 49.1 Å². The smallest absolute Gasteiger partial charge is 0.222 e. The molecule has 23 heavy (non-hydrogen) atoms. The molecule has 2 aliphatic rings. The van der Waals surface area contributed by atoms with Crippen molar-refractivity contribution >= 4 is 18.3 Å². The van der Waals surface area contributed by atoms with Crippen LogP contribution in [0.25, 0.3) is 0 Å². The van der Waals surface area contributed by atoms with Gasteiger partial charge in [0.05, 0.1) is 0 Å². The topological polar surface area (TPSA) is 32.3 Å². The van der Waals surface area contributed by atoms with Crippen LogP contribution >= 0.6 is 12.4 Å². The standard InChI is InChI=1S/C19H28N2O.ClH/c1-15-4-2-3-5-18(15)17-9-12-21(13-10-17)19(22)7-6-16-8-11-20-14-16;/h2-5,16-17,20H,6-14H2,1H3;1H. The van der Waals surface area contributed by atoms with E-state index in [0.29, 0.717) is 17.7 Å². The average molecular weight is 337 g/mol. The summed E-state index contributed by atoms with van der Waals surface area (Å²) in [4.78, 5) is 14.5. The van der Waals surface area contributed by atoms with E-state index in [1.54, 1.807) is 0 Å². The third-order valence-electron chi connectivity index (χ3n) is 5.40. The summed E-state index contributed by atoms with van der Waals surface area (Å²) in [7, 11) is 0. The van der Waals surface area contributed by atoms with Crippen molar-refractivity contribution in [2.75, 3.05) is 26.2 Å². The number of rotatable bonds is 4. The molecule has 0 spiro atoms. The van der Waals surface area contributed by atoms with Gasteiger partial charge in [-0.15, -0.1) is 12.4 Å². The SMILES string of the molecule is Cc1ccccc1C1CCN(C(=O)CCC2CCNC2)CC1.Cl. The first-order valence-corrected chi connectivity index (χ1v) is 8.78. The van der Waals surface area contributed by atoms with Crippen LogP contribution in [0, 0.1) is 12.8 Å². The highest BCUT2D eigenvalue weighted by molar-refractivity contribution is 5.85. The van der Waals surface area contributed by atoms with Crippen LogP contribution in [0.4, 0.5) is 0 Å². The molecule has 0 radical (unpaired) electrons. The molecule has 2 aliphatic heterocycles. The first-order valence-electron chi connectivity index (χ1n) is 8.78. The third kappa shape index (κ3) is 4.71. The second kappa shape index (κ2) is 8.70. The summed E-state index contributed by atoms with van der Waals surface area (Å²) >= 11 is 0. The third-order valence-corrected chi connectivity index (χ3v) is 5.40. The molecule has 1 aromatic carbocycles. The van der Waals surface area contributed by atoms with Crippen molar-refractivity contribution < 1.29 is 4.79 Å². The highest BCUT2D eigenvalue weighted by atomic mass is 35.5. The summed E-state index contributed by atoms with van der Waals surface area (Å²) in [6.07, 6.45) is 5.26. The lowest BCUT2D eigenvalue weighted by molar-refractivity contribution is -0.132. The van der Waals surface area contributed by atoms with Gasteiger partial charge in [0.25, 0.3) is 0 Å². The zero-order chi connectivity index (χ0) is 15.4. The van der Waals surface area contributed by atoms with Gasteiger partial charge in [0.2, 0.25) is 5.91 Å². The Kier molecular flexibility index (Phi) is 6.91. The molecule has 2 fully saturated rings. The highest BCUT2D eigenvalue weighted by Crippen LogP contribution is 2.30. The zero-order valence-corrected chi connectivity index (χ0v) is 14.9. The van der Waals surface area contributed by atoms with Gasteiger partial charge >= 0.3 is 0 Å². The molecule has 1 aromatic rings. The van der Waals surface area contributed by atoms with Crippen molar-refractivity contribution in [3.8, 4) is 0 Å². The molecular weight excluding hydrogens is 308 g/mol. The second-order valence-electron chi connectivity index (χ2n) is 6.91. The molecule has 0 saturated carbocycles. The van der Waals surface area contributed by atoms with E-state index in [9.17, 15) is 4.79 Å². The minimum absolute atomic E-state index is 0. The van der Waals surface area contributed by atoms with Gasteiger partial charge in [0.1, 0.15) is 0 Å². The Bertz CT molecular complexity index is 506. The highest BCUT2D eigenvalue weighted by Gasteiger charge is 2.25. The average Bonchev–Trinajstić information content (AvgIpc) is 3.07. The van der Waals surface area contributed by atoms with Crippen LogP contribution in [0.2, 0.25) is 0 Å². The van der Waals surface area contributed by atoms with Gasteiger partial charge in [-0.1, -0.05) is 24.3 Å². The molecule has 0 aromatic heterocycles. The molecule has 3 nitrogen and oxygen atoms in total. The van der Waals surface area contributed by atoms with E-state index in [4.69, 9.17) is 0 Å². The predicted octanol–water partition coefficient (Wildman–Crippen LogP) is 3.51. The van der Waals surface area contributed by atoms with Crippen LogP contribution in [0.5, 0.6) is 0 Å². The van der Waals surface area contributed by atoms with Gasteiger partial charge in [-0.05, 0) is 68.7 Å². The van der Waals surface area contributed by atoms with E-state index in [-0.39, 0.29) is 12.4 Å². The van der Waals surface area contributed by atoms with Crippen LogP contribution in [-0.2, 0) is 4.79 Å². The van der Waals surface area contributed by atoms with Crippen LogP contribution in [0.15, 0.2) is 24.3 Å². The van der Waals surface area contributed by atoms with E-state index in [1.165, 1.54) is 17.5 Å². The Morgan fingerprint density at radius 3 is 2.61 bits per heavy atom. The molecule has 128 valence electrons. The zero-order valence-electron chi connectivity index (χ0n) is 14.1. The van der Waals surface area contributed by atoms with Gasteiger partial charge < -0.3 is 10.2 Å². The lowest BCUT2D eigenvalue weighted by Crippen LogP contribution is -2.38. The van der Waals surface area contributed by atoms with Gasteiger partial charge in [0.15, 0.2) is 0 Å². The molecule has 0 bridgehead atoms. The molecule has 2 saturated heterocycles. The maximum absolute atomic E-state index is 12.4. The number of hydrogen-bond donors (Lipinski definition) is 1. The monoisotopic (exact) mass is 336 g/mol. The molecule has 1 unspecified atom stereocenters. The molecule has 2 heterocycles. The first-order chi connectivity index (χ1) is 10.7. The van der Waals surface area contributed by atoms with Gasteiger partial charge in [-0.25, -0.2) is 0 Å². The fourth-order valence-corrected chi connectivity index (χ4v) is 3.93. The number of halogens is 1. The quantitative estimate of drug-likeness (QED) is 0.912. The second-order valence-corrected chi connectivity index (χ2v) is 6.91. The van der Waals surface area contributed by atoms with Crippen molar-refractivity contribution in [3.05, 3.63) is 35.4 Å².